The Morgan fingerprint density at radius 3 is 2.48 bits per heavy atom. The van der Waals surface area contributed by atoms with Crippen molar-refractivity contribution < 1.29 is 19.0 Å². The van der Waals surface area contributed by atoms with Crippen LogP contribution in [0.2, 0.25) is 0 Å². The molecule has 1 atom stereocenters. The van der Waals surface area contributed by atoms with Crippen LogP contribution in [0.1, 0.15) is 23.3 Å². The normalized spacial score (nSPS) is 18.2. The standard InChI is InChI=1S/C23H22FN3O4/c1-14-13-31-22-19-16(21(28)17(23(29)30)12-27(14)19)11-18(24)20(22)26-9-7-25(8-10-26)15-5-3-2-4-6-15/h2-6,11-12,14H,7-10,13H2,1H3,(H,29,30)/t14-/m0/s1. The molecule has 2 aliphatic rings. The topological polar surface area (TPSA) is 75.0 Å². The van der Waals surface area contributed by atoms with Gasteiger partial charge in [-0.15, -0.1) is 0 Å². The van der Waals surface area contributed by atoms with E-state index in [0.717, 1.165) is 24.8 Å². The predicted molar refractivity (Wildman–Crippen MR) is 116 cm³/mol. The Labute approximate surface area is 177 Å². The Hall–Kier alpha value is -3.55. The highest BCUT2D eigenvalue weighted by Gasteiger charge is 2.31. The lowest BCUT2D eigenvalue weighted by molar-refractivity contribution is 0.0694. The number of aromatic carboxylic acids is 1. The lowest BCUT2D eigenvalue weighted by Crippen LogP contribution is -2.47. The van der Waals surface area contributed by atoms with Crippen LogP contribution in [0.15, 0.2) is 47.4 Å². The number of carbonyl (C=O) groups is 1. The fourth-order valence-electron chi connectivity index (χ4n) is 4.49. The maximum Gasteiger partial charge on any atom is 0.341 e. The summed E-state index contributed by atoms with van der Waals surface area (Å²) in [6.07, 6.45) is 1.35. The summed E-state index contributed by atoms with van der Waals surface area (Å²) in [6.45, 7) is 4.79. The van der Waals surface area contributed by atoms with Crippen LogP contribution in [0.5, 0.6) is 5.75 Å². The molecule has 1 fully saturated rings. The van der Waals surface area contributed by atoms with Crippen molar-refractivity contribution in [2.24, 2.45) is 0 Å². The van der Waals surface area contributed by atoms with Crippen LogP contribution in [0, 0.1) is 5.82 Å². The lowest BCUT2D eigenvalue weighted by Gasteiger charge is -2.39. The summed E-state index contributed by atoms with van der Waals surface area (Å²) in [5.41, 5.74) is 0.856. The molecule has 0 spiro atoms. The number of nitrogens with zero attached hydrogens (tertiary/aromatic N) is 3. The Balaban J connectivity index is 1.58. The third-order valence-corrected chi connectivity index (χ3v) is 6.09. The molecule has 1 N–H and O–H groups in total. The first kappa shape index (κ1) is 19.4. The summed E-state index contributed by atoms with van der Waals surface area (Å²) < 4.78 is 23.0. The van der Waals surface area contributed by atoms with Crippen molar-refractivity contribution in [1.29, 1.82) is 0 Å². The number of anilines is 2. The van der Waals surface area contributed by atoms with Crippen molar-refractivity contribution in [3.05, 3.63) is 64.2 Å². The fraction of sp³-hybridized carbons (Fsp3) is 0.304. The van der Waals surface area contributed by atoms with Crippen molar-refractivity contribution in [2.45, 2.75) is 13.0 Å². The zero-order valence-corrected chi connectivity index (χ0v) is 17.0. The molecule has 2 aliphatic heterocycles. The molecule has 0 amide bonds. The van der Waals surface area contributed by atoms with Gasteiger partial charge in [0.2, 0.25) is 5.43 Å². The summed E-state index contributed by atoms with van der Waals surface area (Å²) in [5.74, 6) is -1.58. The molecule has 1 aromatic heterocycles. The molecule has 8 heteroatoms. The lowest BCUT2D eigenvalue weighted by atomic mass is 10.1. The van der Waals surface area contributed by atoms with Gasteiger partial charge in [-0.2, -0.15) is 0 Å². The summed E-state index contributed by atoms with van der Waals surface area (Å²) >= 11 is 0. The number of ether oxygens (including phenoxy) is 1. The Morgan fingerprint density at radius 1 is 1.13 bits per heavy atom. The average molecular weight is 423 g/mol. The first-order chi connectivity index (χ1) is 15.0. The van der Waals surface area contributed by atoms with Crippen molar-refractivity contribution in [2.75, 3.05) is 42.6 Å². The Bertz CT molecular complexity index is 1230. The largest absolute Gasteiger partial charge is 0.487 e. The van der Waals surface area contributed by atoms with E-state index in [-0.39, 0.29) is 23.6 Å². The van der Waals surface area contributed by atoms with Gasteiger partial charge in [-0.05, 0) is 25.1 Å². The van der Waals surface area contributed by atoms with E-state index >= 15 is 4.39 Å². The highest BCUT2D eigenvalue weighted by atomic mass is 19.1. The van der Waals surface area contributed by atoms with Gasteiger partial charge >= 0.3 is 5.97 Å². The number of piperazine rings is 1. The number of halogens is 1. The van der Waals surface area contributed by atoms with Gasteiger partial charge in [0.15, 0.2) is 11.6 Å². The summed E-state index contributed by atoms with van der Waals surface area (Å²) in [4.78, 5) is 28.5. The molecule has 31 heavy (non-hydrogen) atoms. The minimum atomic E-state index is -1.32. The van der Waals surface area contributed by atoms with Gasteiger partial charge in [0.25, 0.3) is 0 Å². The quantitative estimate of drug-likeness (QED) is 0.698. The number of carboxylic acids is 1. The molecule has 1 saturated heterocycles. The SMILES string of the molecule is C[C@H]1COc2c(N3CCN(c4ccccc4)CC3)c(F)cc3c(=O)c(C(=O)O)cn1c23. The molecule has 0 bridgehead atoms. The Kier molecular flexibility index (Phi) is 4.57. The van der Waals surface area contributed by atoms with Crippen molar-refractivity contribution in [3.63, 3.8) is 0 Å². The van der Waals surface area contributed by atoms with E-state index < -0.39 is 17.2 Å². The Morgan fingerprint density at radius 2 is 1.81 bits per heavy atom. The number of hydrogen-bond acceptors (Lipinski definition) is 5. The number of para-hydroxylation sites is 1. The molecular weight excluding hydrogens is 401 g/mol. The molecule has 7 nitrogen and oxygen atoms in total. The van der Waals surface area contributed by atoms with Crippen molar-refractivity contribution in [3.8, 4) is 5.75 Å². The molecule has 0 aliphatic carbocycles. The van der Waals surface area contributed by atoms with Crippen LogP contribution in [-0.4, -0.2) is 48.4 Å². The molecule has 5 rings (SSSR count). The minimum Gasteiger partial charge on any atom is -0.487 e. The third kappa shape index (κ3) is 3.10. The molecule has 160 valence electrons. The first-order valence-electron chi connectivity index (χ1n) is 10.3. The van der Waals surface area contributed by atoms with Gasteiger partial charge in [-0.3, -0.25) is 4.79 Å². The number of aromatic nitrogens is 1. The summed E-state index contributed by atoms with van der Waals surface area (Å²) in [7, 11) is 0. The van der Waals surface area contributed by atoms with E-state index in [1.807, 2.05) is 30.0 Å². The van der Waals surface area contributed by atoms with Crippen LogP contribution in [0.4, 0.5) is 15.8 Å². The molecule has 3 heterocycles. The zero-order valence-electron chi connectivity index (χ0n) is 17.0. The van der Waals surface area contributed by atoms with E-state index in [0.29, 0.717) is 30.0 Å². The predicted octanol–water partition coefficient (Wildman–Crippen LogP) is 3.12. The van der Waals surface area contributed by atoms with Crippen LogP contribution in [0.25, 0.3) is 10.9 Å². The number of rotatable bonds is 3. The number of pyridine rings is 1. The van der Waals surface area contributed by atoms with E-state index in [2.05, 4.69) is 17.0 Å². The highest BCUT2D eigenvalue weighted by Crippen LogP contribution is 2.42. The number of carboxylic acid groups (broad SMARTS) is 1. The average Bonchev–Trinajstić information content (AvgIpc) is 2.78. The number of benzene rings is 2. The van der Waals surface area contributed by atoms with E-state index in [1.165, 1.54) is 6.20 Å². The van der Waals surface area contributed by atoms with Gasteiger partial charge in [0, 0.05) is 38.1 Å². The van der Waals surface area contributed by atoms with Gasteiger partial charge in [0.05, 0.1) is 16.9 Å². The highest BCUT2D eigenvalue weighted by molar-refractivity contribution is 5.97. The maximum absolute atomic E-state index is 15.3. The summed E-state index contributed by atoms with van der Waals surface area (Å²) in [5, 5.41) is 9.45. The van der Waals surface area contributed by atoms with E-state index in [4.69, 9.17) is 4.74 Å². The van der Waals surface area contributed by atoms with Crippen molar-refractivity contribution in [1.82, 2.24) is 4.57 Å². The van der Waals surface area contributed by atoms with E-state index in [9.17, 15) is 14.7 Å². The third-order valence-electron chi connectivity index (χ3n) is 6.09. The molecular formula is C23H22FN3O4. The van der Waals surface area contributed by atoms with E-state index in [1.54, 1.807) is 4.57 Å². The second-order valence-corrected chi connectivity index (χ2v) is 7.99. The smallest absolute Gasteiger partial charge is 0.341 e. The molecule has 0 unspecified atom stereocenters. The minimum absolute atomic E-state index is 0.0330. The maximum atomic E-state index is 15.3. The molecule has 2 aromatic carbocycles. The second kappa shape index (κ2) is 7.30. The molecule has 3 aromatic rings. The monoisotopic (exact) mass is 423 g/mol. The van der Waals surface area contributed by atoms with Gasteiger partial charge < -0.3 is 24.2 Å². The molecule has 0 saturated carbocycles. The van der Waals surface area contributed by atoms with Crippen molar-refractivity contribution >= 4 is 28.2 Å². The van der Waals surface area contributed by atoms with Crippen LogP contribution in [0.3, 0.4) is 0 Å². The van der Waals surface area contributed by atoms with Gasteiger partial charge in [0.1, 0.15) is 17.9 Å². The van der Waals surface area contributed by atoms with Gasteiger partial charge in [-0.25, -0.2) is 9.18 Å². The number of hydrogen-bond donors (Lipinski definition) is 1. The summed E-state index contributed by atoms with van der Waals surface area (Å²) in [6, 6.07) is 11.1. The second-order valence-electron chi connectivity index (χ2n) is 7.99. The van der Waals surface area contributed by atoms with Gasteiger partial charge in [-0.1, -0.05) is 18.2 Å². The fourth-order valence-corrected chi connectivity index (χ4v) is 4.49. The van der Waals surface area contributed by atoms with Crippen LogP contribution < -0.4 is 20.0 Å². The zero-order chi connectivity index (χ0) is 21.7. The van der Waals surface area contributed by atoms with Crippen LogP contribution >= 0.6 is 0 Å². The van der Waals surface area contributed by atoms with Crippen LogP contribution in [-0.2, 0) is 0 Å². The molecule has 0 radical (unpaired) electrons. The first-order valence-corrected chi connectivity index (χ1v) is 10.3.